The van der Waals surface area contributed by atoms with Crippen molar-refractivity contribution in [3.8, 4) is 0 Å². The van der Waals surface area contributed by atoms with E-state index in [4.69, 9.17) is 23.2 Å². The molecule has 9 nitrogen and oxygen atoms in total. The van der Waals surface area contributed by atoms with Gasteiger partial charge in [-0.05, 0) is 37.1 Å². The Balaban J connectivity index is 1.76. The molecule has 0 N–H and O–H groups in total. The number of carbonyl (C=O) groups is 4. The van der Waals surface area contributed by atoms with Gasteiger partial charge < -0.3 is 0 Å². The fourth-order valence-corrected chi connectivity index (χ4v) is 6.19. The SMILES string of the molecule is O=C(CN(C(=O)c1ccccc1[N+](=O)[O-])N1C(=O)[C@H]2C[C@@H](Br)[C@@H](Br)C[C@H]2C1=O)c1ccc(Cl)cc1Cl. The summed E-state index contributed by atoms with van der Waals surface area (Å²) >= 11 is 19.1. The second kappa shape index (κ2) is 10.6. The molecule has 0 radical (unpaired) electrons. The van der Waals surface area contributed by atoms with Crippen LogP contribution < -0.4 is 0 Å². The second-order valence-electron chi connectivity index (χ2n) is 8.39. The Morgan fingerprint density at radius 3 is 2.14 bits per heavy atom. The highest BCUT2D eigenvalue weighted by Crippen LogP contribution is 2.44. The number of hydrogen-bond acceptors (Lipinski definition) is 6. The molecule has 2 aliphatic rings. The maximum Gasteiger partial charge on any atom is 0.282 e. The molecule has 1 aliphatic heterocycles. The van der Waals surface area contributed by atoms with Gasteiger partial charge in [0.2, 0.25) is 0 Å². The highest BCUT2D eigenvalue weighted by molar-refractivity contribution is 9.12. The minimum absolute atomic E-state index is 0.0129. The normalized spacial score (nSPS) is 23.4. The first kappa shape index (κ1) is 26.7. The lowest BCUT2D eigenvalue weighted by atomic mass is 9.81. The van der Waals surface area contributed by atoms with Crippen LogP contribution in [-0.4, -0.2) is 54.6 Å². The quantitative estimate of drug-likeness (QED) is 0.140. The summed E-state index contributed by atoms with van der Waals surface area (Å²) in [5, 5.41) is 13.2. The van der Waals surface area contributed by atoms with E-state index in [1.165, 1.54) is 36.4 Å². The number of hydrogen-bond donors (Lipinski definition) is 0. The van der Waals surface area contributed by atoms with Crippen molar-refractivity contribution in [2.75, 3.05) is 6.54 Å². The molecule has 1 saturated heterocycles. The summed E-state index contributed by atoms with van der Waals surface area (Å²) in [5.41, 5.74) is -0.884. The molecule has 188 valence electrons. The molecular weight excluding hydrogens is 645 g/mol. The van der Waals surface area contributed by atoms with E-state index in [1.54, 1.807) is 0 Å². The molecule has 3 amide bonds. The van der Waals surface area contributed by atoms with Crippen molar-refractivity contribution in [1.82, 2.24) is 10.0 Å². The first-order valence-electron chi connectivity index (χ1n) is 10.7. The van der Waals surface area contributed by atoms with Crippen LogP contribution in [0.15, 0.2) is 42.5 Å². The third kappa shape index (κ3) is 4.93. The second-order valence-corrected chi connectivity index (χ2v) is 11.6. The predicted molar refractivity (Wildman–Crippen MR) is 138 cm³/mol. The number of Topliss-reactive ketones (excluding diaryl/α,β-unsaturated/α-hetero) is 1. The van der Waals surface area contributed by atoms with Crippen LogP contribution in [-0.2, 0) is 9.59 Å². The van der Waals surface area contributed by atoms with Crippen LogP contribution in [0.2, 0.25) is 10.0 Å². The fourth-order valence-electron chi connectivity index (χ4n) is 4.44. The van der Waals surface area contributed by atoms with Gasteiger partial charge in [0.15, 0.2) is 5.78 Å². The number of ketones is 1. The van der Waals surface area contributed by atoms with E-state index in [-0.39, 0.29) is 30.8 Å². The number of carbonyl (C=O) groups excluding carboxylic acids is 4. The van der Waals surface area contributed by atoms with Gasteiger partial charge >= 0.3 is 0 Å². The average Bonchev–Trinajstić information content (AvgIpc) is 3.06. The lowest BCUT2D eigenvalue weighted by Gasteiger charge is -2.30. The van der Waals surface area contributed by atoms with E-state index in [0.717, 1.165) is 6.07 Å². The molecule has 2 aromatic rings. The van der Waals surface area contributed by atoms with Crippen molar-refractivity contribution in [2.24, 2.45) is 11.8 Å². The first-order chi connectivity index (χ1) is 17.0. The van der Waals surface area contributed by atoms with Gasteiger partial charge in [0.25, 0.3) is 23.4 Å². The molecule has 2 fully saturated rings. The number of amides is 3. The van der Waals surface area contributed by atoms with Gasteiger partial charge in [-0.15, -0.1) is 0 Å². The largest absolute Gasteiger partial charge is 0.292 e. The van der Waals surface area contributed by atoms with Crippen LogP contribution in [0.25, 0.3) is 0 Å². The number of imide groups is 1. The van der Waals surface area contributed by atoms with Crippen LogP contribution in [0.5, 0.6) is 0 Å². The van der Waals surface area contributed by atoms with Crippen LogP contribution in [0.1, 0.15) is 33.6 Å². The number of benzene rings is 2. The van der Waals surface area contributed by atoms with E-state index in [2.05, 4.69) is 31.9 Å². The van der Waals surface area contributed by atoms with Gasteiger partial charge in [0, 0.05) is 26.3 Å². The zero-order valence-electron chi connectivity index (χ0n) is 18.3. The molecule has 2 aromatic carbocycles. The molecule has 0 aromatic heterocycles. The van der Waals surface area contributed by atoms with Crippen molar-refractivity contribution in [1.29, 1.82) is 0 Å². The van der Waals surface area contributed by atoms with E-state index >= 15 is 0 Å². The van der Waals surface area contributed by atoms with Crippen molar-refractivity contribution in [2.45, 2.75) is 22.5 Å². The molecular formula is C23H17Br2Cl2N3O6. The molecule has 0 unspecified atom stereocenters. The topological polar surface area (TPSA) is 118 Å². The lowest BCUT2D eigenvalue weighted by molar-refractivity contribution is -0.385. The Kier molecular flexibility index (Phi) is 7.84. The summed E-state index contributed by atoms with van der Waals surface area (Å²) in [4.78, 5) is 64.3. The molecule has 4 atom stereocenters. The minimum Gasteiger partial charge on any atom is -0.292 e. The van der Waals surface area contributed by atoms with Gasteiger partial charge in [-0.2, -0.15) is 5.01 Å². The zero-order chi connectivity index (χ0) is 26.3. The van der Waals surface area contributed by atoms with Crippen molar-refractivity contribution >= 4 is 84.3 Å². The molecule has 4 rings (SSSR count). The Morgan fingerprint density at radius 2 is 1.58 bits per heavy atom. The molecule has 0 spiro atoms. The monoisotopic (exact) mass is 659 g/mol. The maximum absolute atomic E-state index is 13.6. The standard InChI is InChI=1S/C23H17Br2Cl2N3O6/c24-16-8-14-15(9-17(16)25)23(34)29(22(14)33)28(10-20(31)12-6-5-11(26)7-18(12)27)21(32)13-3-1-2-4-19(13)30(35)36/h1-7,14-17H,8-10H2/t14-,15+,16+,17-. The van der Waals surface area contributed by atoms with Crippen LogP contribution in [0, 0.1) is 22.0 Å². The number of hydrazine groups is 1. The number of rotatable bonds is 6. The Bertz CT molecular complexity index is 1260. The van der Waals surface area contributed by atoms with Crippen molar-refractivity contribution in [3.63, 3.8) is 0 Å². The maximum atomic E-state index is 13.6. The van der Waals surface area contributed by atoms with Gasteiger partial charge in [0.1, 0.15) is 12.1 Å². The van der Waals surface area contributed by atoms with Crippen LogP contribution >= 0.6 is 55.1 Å². The summed E-state index contributed by atoms with van der Waals surface area (Å²) in [6.07, 6.45) is 0.679. The number of para-hydroxylation sites is 1. The van der Waals surface area contributed by atoms with E-state index < -0.39 is 52.5 Å². The van der Waals surface area contributed by atoms with Crippen LogP contribution in [0.3, 0.4) is 0 Å². The Labute approximate surface area is 232 Å². The molecule has 0 bridgehead atoms. The highest BCUT2D eigenvalue weighted by Gasteiger charge is 2.55. The summed E-state index contributed by atoms with van der Waals surface area (Å²) in [6, 6.07) is 9.26. The Hall–Kier alpha value is -2.34. The Morgan fingerprint density at radius 1 is 1.00 bits per heavy atom. The molecule has 13 heteroatoms. The third-order valence-electron chi connectivity index (χ3n) is 6.22. The zero-order valence-corrected chi connectivity index (χ0v) is 23.0. The third-order valence-corrected chi connectivity index (χ3v) is 9.50. The predicted octanol–water partition coefficient (Wildman–Crippen LogP) is 5.06. The smallest absolute Gasteiger partial charge is 0.282 e. The molecule has 36 heavy (non-hydrogen) atoms. The number of fused-ring (bicyclic) bond motifs is 1. The summed E-state index contributed by atoms with van der Waals surface area (Å²) in [6.45, 7) is -0.751. The van der Waals surface area contributed by atoms with Crippen LogP contribution in [0.4, 0.5) is 5.69 Å². The summed E-state index contributed by atoms with van der Waals surface area (Å²) < 4.78 is 0. The minimum atomic E-state index is -1.04. The number of nitro benzene ring substituents is 1. The lowest BCUT2D eigenvalue weighted by Crippen LogP contribution is -2.52. The summed E-state index contributed by atoms with van der Waals surface area (Å²) in [7, 11) is 0. The van der Waals surface area contributed by atoms with E-state index in [1.807, 2.05) is 0 Å². The number of halogens is 4. The highest BCUT2D eigenvalue weighted by atomic mass is 79.9. The van der Waals surface area contributed by atoms with Gasteiger partial charge in [0.05, 0.1) is 21.8 Å². The van der Waals surface area contributed by atoms with E-state index in [9.17, 15) is 29.3 Å². The average molecular weight is 662 g/mol. The molecule has 1 heterocycles. The number of nitrogens with zero attached hydrogens (tertiary/aromatic N) is 3. The van der Waals surface area contributed by atoms with Crippen molar-refractivity contribution < 1.29 is 24.1 Å². The first-order valence-corrected chi connectivity index (χ1v) is 13.3. The van der Waals surface area contributed by atoms with Crippen molar-refractivity contribution in [3.05, 3.63) is 73.8 Å². The molecule has 1 saturated carbocycles. The summed E-state index contributed by atoms with van der Waals surface area (Å²) in [5.74, 6) is -4.41. The molecule has 1 aliphatic carbocycles. The fraction of sp³-hybridized carbons (Fsp3) is 0.304. The van der Waals surface area contributed by atoms with Gasteiger partial charge in [-0.3, -0.25) is 29.3 Å². The number of nitro groups is 1. The number of alkyl halides is 2. The van der Waals surface area contributed by atoms with Gasteiger partial charge in [-0.25, -0.2) is 5.01 Å². The van der Waals surface area contributed by atoms with Gasteiger partial charge in [-0.1, -0.05) is 67.2 Å². The van der Waals surface area contributed by atoms with E-state index in [0.29, 0.717) is 22.9 Å².